The van der Waals surface area contributed by atoms with E-state index in [4.69, 9.17) is 37.0 Å². The fraction of sp³-hybridized carbons (Fsp3) is 0.904. The first-order valence-corrected chi connectivity index (χ1v) is 45.3. The topological polar surface area (TPSA) is 237 Å². The molecule has 2 unspecified atom stereocenters. The fourth-order valence-electron chi connectivity index (χ4n) is 12.3. The molecule has 0 aliphatic carbocycles. The number of unbranched alkanes of at least 4 members (excludes halogenated alkanes) is 47. The molecule has 17 nitrogen and oxygen atoms in total. The number of aliphatic hydroxyl groups excluding tert-OH is 1. The van der Waals surface area contributed by atoms with Crippen molar-refractivity contribution in [2.24, 2.45) is 11.8 Å². The summed E-state index contributed by atoms with van der Waals surface area (Å²) in [5, 5.41) is 10.6. The van der Waals surface area contributed by atoms with E-state index in [2.05, 4.69) is 65.8 Å². The van der Waals surface area contributed by atoms with Crippen molar-refractivity contribution in [1.82, 2.24) is 0 Å². The molecule has 0 aromatic carbocycles. The van der Waals surface area contributed by atoms with Crippen LogP contribution in [0.2, 0.25) is 0 Å². The number of allylic oxidation sites excluding steroid dienone is 4. The second-order valence-electron chi connectivity index (χ2n) is 30.1. The third-order valence-corrected chi connectivity index (χ3v) is 20.7. The van der Waals surface area contributed by atoms with E-state index < -0.39 is 97.5 Å². The van der Waals surface area contributed by atoms with Crippen molar-refractivity contribution in [2.75, 3.05) is 39.6 Å². The Kier molecular flexibility index (Phi) is 72.2. The van der Waals surface area contributed by atoms with Crippen molar-refractivity contribution in [3.63, 3.8) is 0 Å². The normalized spacial score (nSPS) is 14.0. The number of hydrogen-bond donors (Lipinski definition) is 3. The molecule has 5 atom stereocenters. The van der Waals surface area contributed by atoms with Crippen LogP contribution in [0.1, 0.15) is 414 Å². The van der Waals surface area contributed by atoms with Crippen LogP contribution in [0.4, 0.5) is 0 Å². The molecule has 0 spiro atoms. The van der Waals surface area contributed by atoms with E-state index in [1.54, 1.807) is 0 Å². The molecule has 102 heavy (non-hydrogen) atoms. The number of aliphatic hydroxyl groups is 1. The highest BCUT2D eigenvalue weighted by molar-refractivity contribution is 7.47. The molecular weight excluding hydrogens is 1330 g/mol. The molecule has 0 fully saturated rings. The van der Waals surface area contributed by atoms with E-state index in [0.29, 0.717) is 31.6 Å². The second kappa shape index (κ2) is 74.0. The van der Waals surface area contributed by atoms with Gasteiger partial charge in [0.15, 0.2) is 12.2 Å². The maximum absolute atomic E-state index is 13.1. The maximum Gasteiger partial charge on any atom is 0.472 e. The molecule has 0 amide bonds. The molecule has 0 aliphatic rings. The van der Waals surface area contributed by atoms with Crippen LogP contribution in [-0.4, -0.2) is 96.7 Å². The van der Waals surface area contributed by atoms with E-state index in [-0.39, 0.29) is 25.7 Å². The summed E-state index contributed by atoms with van der Waals surface area (Å²) in [6.45, 7) is 9.56. The van der Waals surface area contributed by atoms with Gasteiger partial charge in [0.2, 0.25) is 0 Å². The predicted molar refractivity (Wildman–Crippen MR) is 418 cm³/mol. The van der Waals surface area contributed by atoms with Gasteiger partial charge in [0.25, 0.3) is 0 Å². The van der Waals surface area contributed by atoms with Gasteiger partial charge in [0.05, 0.1) is 26.4 Å². The van der Waals surface area contributed by atoms with Crippen molar-refractivity contribution in [3.8, 4) is 0 Å². The summed E-state index contributed by atoms with van der Waals surface area (Å²) in [5.74, 6) is -0.617. The molecule has 0 aromatic heterocycles. The molecule has 0 radical (unpaired) electrons. The number of carbonyl (C=O) groups is 4. The fourth-order valence-corrected chi connectivity index (χ4v) is 13.9. The van der Waals surface area contributed by atoms with E-state index in [9.17, 15) is 43.2 Å². The third kappa shape index (κ3) is 75.8. The zero-order chi connectivity index (χ0) is 74.9. The number of esters is 4. The zero-order valence-electron chi connectivity index (χ0n) is 66.4. The van der Waals surface area contributed by atoms with Crippen LogP contribution < -0.4 is 0 Å². The van der Waals surface area contributed by atoms with Crippen LogP contribution >= 0.6 is 15.6 Å². The Morgan fingerprint density at radius 3 is 0.804 bits per heavy atom. The molecule has 0 saturated carbocycles. The summed E-state index contributed by atoms with van der Waals surface area (Å²) >= 11 is 0. The van der Waals surface area contributed by atoms with Gasteiger partial charge in [-0.05, 0) is 63.2 Å². The van der Waals surface area contributed by atoms with Gasteiger partial charge in [-0.1, -0.05) is 361 Å². The van der Waals surface area contributed by atoms with Gasteiger partial charge in [-0.25, -0.2) is 9.13 Å². The Labute approximate surface area is 624 Å². The summed E-state index contributed by atoms with van der Waals surface area (Å²) in [5.41, 5.74) is 0. The molecule has 0 rings (SSSR count). The molecule has 19 heteroatoms. The first-order chi connectivity index (χ1) is 49.4. The van der Waals surface area contributed by atoms with Crippen molar-refractivity contribution in [3.05, 3.63) is 24.3 Å². The standard InChI is InChI=1S/C83H158O17P2/c1-7-9-11-13-15-17-19-21-23-30-33-37-41-47-53-59-65-80(85)93-71-78(99-82(87)68-62-56-49-43-39-35-31-27-25-24-26-29-32-36-40-45-51-57-63-75(3)4)73-97-101(89,90)95-69-77(84)70-96-102(91,92)98-74-79(72-94-81(86)66-60-54-50-44-46-52-58-64-76(5)6)100-83(88)67-61-55-48-42-38-34-28-22-20-18-16-14-12-10-8-2/h18,20,22,28,75-79,84H,7-17,19,21,23-27,29-74H2,1-6H3,(H,89,90)(H,91,92)/b20-18-,28-22-/t77-,78-,79-/m1/s1. The maximum atomic E-state index is 13.1. The Hall–Kier alpha value is -2.46. The Morgan fingerprint density at radius 2 is 0.529 bits per heavy atom. The SMILES string of the molecule is CCCCCC/C=C\C=C/CCCCCCCC(=O)O[C@H](COC(=O)CCCCCCCCCC(C)C)COP(=O)(O)OC[C@H](O)COP(=O)(O)OC[C@@H](COC(=O)CCCCCCCCCCCCCCCCCC)OC(=O)CCCCCCCCCCCCCCCCCCCCC(C)C. The van der Waals surface area contributed by atoms with Gasteiger partial charge >= 0.3 is 39.5 Å². The lowest BCUT2D eigenvalue weighted by molar-refractivity contribution is -0.161. The highest BCUT2D eigenvalue weighted by Crippen LogP contribution is 2.45. The summed E-state index contributed by atoms with van der Waals surface area (Å²) in [6, 6.07) is 0. The third-order valence-electron chi connectivity index (χ3n) is 18.8. The van der Waals surface area contributed by atoms with Crippen molar-refractivity contribution in [2.45, 2.75) is 432 Å². The number of hydrogen-bond acceptors (Lipinski definition) is 15. The summed E-state index contributed by atoms with van der Waals surface area (Å²) in [7, 11) is -9.93. The van der Waals surface area contributed by atoms with Gasteiger partial charge in [-0.3, -0.25) is 37.3 Å². The molecule has 0 bridgehead atoms. The minimum atomic E-state index is -4.97. The van der Waals surface area contributed by atoms with Gasteiger partial charge in [-0.2, -0.15) is 0 Å². The Balaban J connectivity index is 5.25. The second-order valence-corrected chi connectivity index (χ2v) is 33.0. The molecule has 0 saturated heterocycles. The zero-order valence-corrected chi connectivity index (χ0v) is 68.2. The number of ether oxygens (including phenoxy) is 4. The minimum absolute atomic E-state index is 0.0845. The highest BCUT2D eigenvalue weighted by Gasteiger charge is 2.30. The summed E-state index contributed by atoms with van der Waals surface area (Å²) in [4.78, 5) is 73.0. The lowest BCUT2D eigenvalue weighted by Crippen LogP contribution is -2.30. The van der Waals surface area contributed by atoms with Crippen LogP contribution in [0, 0.1) is 11.8 Å². The van der Waals surface area contributed by atoms with Crippen LogP contribution in [-0.2, 0) is 65.4 Å². The van der Waals surface area contributed by atoms with Crippen molar-refractivity contribution in [1.29, 1.82) is 0 Å². The molecule has 0 heterocycles. The lowest BCUT2D eigenvalue weighted by Gasteiger charge is -2.21. The van der Waals surface area contributed by atoms with E-state index >= 15 is 0 Å². The van der Waals surface area contributed by atoms with Crippen molar-refractivity contribution < 1.29 is 80.2 Å². The number of rotatable bonds is 80. The number of phosphoric ester groups is 2. The largest absolute Gasteiger partial charge is 0.472 e. The summed E-state index contributed by atoms with van der Waals surface area (Å²) < 4.78 is 68.7. The van der Waals surface area contributed by atoms with Crippen LogP contribution in [0.25, 0.3) is 0 Å². The number of carbonyl (C=O) groups excluding carboxylic acids is 4. The average molecular weight is 1490 g/mol. The van der Waals surface area contributed by atoms with Crippen LogP contribution in [0.3, 0.4) is 0 Å². The van der Waals surface area contributed by atoms with Crippen LogP contribution in [0.15, 0.2) is 24.3 Å². The van der Waals surface area contributed by atoms with E-state index in [1.165, 1.54) is 212 Å². The lowest BCUT2D eigenvalue weighted by atomic mass is 10.0. The molecular formula is C83H158O17P2. The highest BCUT2D eigenvalue weighted by atomic mass is 31.2. The van der Waals surface area contributed by atoms with Gasteiger partial charge < -0.3 is 33.8 Å². The first kappa shape index (κ1) is 99.5. The van der Waals surface area contributed by atoms with Gasteiger partial charge in [-0.15, -0.1) is 0 Å². The Bertz CT molecular complexity index is 2050. The monoisotopic (exact) mass is 1490 g/mol. The quantitative estimate of drug-likeness (QED) is 0.0169. The molecule has 3 N–H and O–H groups in total. The smallest absolute Gasteiger partial charge is 0.462 e. The predicted octanol–water partition coefficient (Wildman–Crippen LogP) is 24.6. The minimum Gasteiger partial charge on any atom is -0.462 e. The molecule has 0 aliphatic heterocycles. The summed E-state index contributed by atoms with van der Waals surface area (Å²) in [6.07, 6.45) is 67.5. The first-order valence-electron chi connectivity index (χ1n) is 42.3. The average Bonchev–Trinajstić information content (AvgIpc) is 0.908. The molecule has 602 valence electrons. The molecule has 0 aromatic rings. The van der Waals surface area contributed by atoms with Crippen molar-refractivity contribution >= 4 is 39.5 Å². The Morgan fingerprint density at radius 1 is 0.304 bits per heavy atom. The van der Waals surface area contributed by atoms with E-state index in [0.717, 1.165) is 115 Å². The van der Waals surface area contributed by atoms with E-state index in [1.807, 2.05) is 0 Å². The van der Waals surface area contributed by atoms with Gasteiger partial charge in [0, 0.05) is 25.7 Å². The number of phosphoric acid groups is 2. The van der Waals surface area contributed by atoms with Crippen LogP contribution in [0.5, 0.6) is 0 Å². The van der Waals surface area contributed by atoms with Gasteiger partial charge in [0.1, 0.15) is 19.3 Å².